The average Bonchev–Trinajstić information content (AvgIpc) is 3.07. The van der Waals surface area contributed by atoms with Crippen molar-refractivity contribution in [3.63, 3.8) is 0 Å². The zero-order chi connectivity index (χ0) is 17.2. The Hall–Kier alpha value is -2.09. The van der Waals surface area contributed by atoms with Crippen LogP contribution in [0, 0.1) is 0 Å². The van der Waals surface area contributed by atoms with Gasteiger partial charge in [-0.2, -0.15) is 0 Å². The summed E-state index contributed by atoms with van der Waals surface area (Å²) < 4.78 is 37.5. The molecule has 1 aliphatic heterocycles. The summed E-state index contributed by atoms with van der Waals surface area (Å²) in [5.41, 5.74) is 1.69. The highest BCUT2D eigenvalue weighted by Gasteiger charge is 2.19. The molecule has 0 aromatic heterocycles. The lowest BCUT2D eigenvalue weighted by Gasteiger charge is -2.14. The van der Waals surface area contributed by atoms with Crippen molar-refractivity contribution in [2.75, 3.05) is 20.3 Å². The van der Waals surface area contributed by atoms with Crippen molar-refractivity contribution in [1.82, 2.24) is 4.72 Å². The maximum Gasteiger partial charge on any atom is 0.240 e. The van der Waals surface area contributed by atoms with E-state index < -0.39 is 16.1 Å². The van der Waals surface area contributed by atoms with E-state index in [-0.39, 0.29) is 11.4 Å². The van der Waals surface area contributed by atoms with Gasteiger partial charge in [-0.3, -0.25) is 0 Å². The normalized spacial score (nSPS) is 14.8. The fourth-order valence-electron chi connectivity index (χ4n) is 2.57. The molecule has 0 amide bonds. The second-order valence-electron chi connectivity index (χ2n) is 5.51. The summed E-state index contributed by atoms with van der Waals surface area (Å²) in [7, 11) is -2.25. The van der Waals surface area contributed by atoms with Crippen LogP contribution in [0.3, 0.4) is 0 Å². The molecule has 7 heteroatoms. The molecule has 0 bridgehead atoms. The third-order valence-corrected chi connectivity index (χ3v) is 5.34. The van der Waals surface area contributed by atoms with E-state index >= 15 is 0 Å². The number of benzene rings is 2. The van der Waals surface area contributed by atoms with Gasteiger partial charge in [-0.05, 0) is 35.4 Å². The summed E-state index contributed by atoms with van der Waals surface area (Å²) >= 11 is 0. The number of fused-ring (bicyclic) bond motifs is 1. The van der Waals surface area contributed by atoms with Crippen molar-refractivity contribution in [2.24, 2.45) is 0 Å². The van der Waals surface area contributed by atoms with Crippen LogP contribution in [0.25, 0.3) is 0 Å². The molecule has 6 nitrogen and oxygen atoms in total. The van der Waals surface area contributed by atoms with Crippen molar-refractivity contribution in [2.45, 2.75) is 17.4 Å². The number of hydrogen-bond acceptors (Lipinski definition) is 5. The third-order valence-electron chi connectivity index (χ3n) is 3.92. The van der Waals surface area contributed by atoms with Gasteiger partial charge in [0.15, 0.2) is 0 Å². The number of nitrogens with one attached hydrogen (secondary N) is 1. The van der Waals surface area contributed by atoms with Gasteiger partial charge in [0.1, 0.15) is 11.5 Å². The molecule has 0 fully saturated rings. The van der Waals surface area contributed by atoms with E-state index in [0.29, 0.717) is 17.9 Å². The smallest absolute Gasteiger partial charge is 0.240 e. The molecule has 0 radical (unpaired) electrons. The second-order valence-corrected chi connectivity index (χ2v) is 7.28. The van der Waals surface area contributed by atoms with Crippen molar-refractivity contribution in [3.8, 4) is 11.5 Å². The first-order valence-electron chi connectivity index (χ1n) is 7.57. The molecule has 0 spiro atoms. The lowest BCUT2D eigenvalue weighted by Crippen LogP contribution is -2.28. The lowest BCUT2D eigenvalue weighted by atomic mass is 10.0. The van der Waals surface area contributed by atoms with Crippen molar-refractivity contribution >= 4 is 10.0 Å². The number of sulfonamides is 1. The van der Waals surface area contributed by atoms with Gasteiger partial charge in [0.05, 0.1) is 24.7 Å². The summed E-state index contributed by atoms with van der Waals surface area (Å²) in [6.45, 7) is 0.524. The molecular weight excluding hydrogens is 330 g/mol. The summed E-state index contributed by atoms with van der Waals surface area (Å²) in [6.07, 6.45) is -0.137. The van der Waals surface area contributed by atoms with Crippen LogP contribution in [0.1, 0.15) is 17.2 Å². The Bertz CT molecular complexity index is 835. The molecule has 3 rings (SSSR count). The van der Waals surface area contributed by atoms with E-state index in [1.54, 1.807) is 24.3 Å². The number of rotatable bonds is 6. The van der Waals surface area contributed by atoms with E-state index in [2.05, 4.69) is 4.72 Å². The molecule has 0 aliphatic carbocycles. The summed E-state index contributed by atoms with van der Waals surface area (Å²) in [5, 5.41) is 10.3. The Morgan fingerprint density at radius 1 is 1.29 bits per heavy atom. The number of hydrogen-bond donors (Lipinski definition) is 2. The van der Waals surface area contributed by atoms with E-state index in [1.807, 2.05) is 6.07 Å². The Morgan fingerprint density at radius 2 is 2.12 bits per heavy atom. The van der Waals surface area contributed by atoms with Crippen LogP contribution in [0.15, 0.2) is 47.4 Å². The van der Waals surface area contributed by atoms with Gasteiger partial charge >= 0.3 is 0 Å². The van der Waals surface area contributed by atoms with E-state index in [0.717, 1.165) is 17.7 Å². The SMILES string of the molecule is COc1cccc(S(=O)(=O)NCC(O)c2ccc3c(c2)CCO3)c1. The maximum absolute atomic E-state index is 12.3. The first-order chi connectivity index (χ1) is 11.5. The Morgan fingerprint density at radius 3 is 2.92 bits per heavy atom. The highest BCUT2D eigenvalue weighted by molar-refractivity contribution is 7.89. The van der Waals surface area contributed by atoms with Crippen LogP contribution in [-0.4, -0.2) is 33.8 Å². The predicted molar refractivity (Wildman–Crippen MR) is 88.8 cm³/mol. The summed E-state index contributed by atoms with van der Waals surface area (Å²) in [5.74, 6) is 1.28. The van der Waals surface area contributed by atoms with Gasteiger partial charge in [-0.25, -0.2) is 13.1 Å². The monoisotopic (exact) mass is 349 g/mol. The Balaban J connectivity index is 1.69. The van der Waals surface area contributed by atoms with Gasteiger partial charge in [0.25, 0.3) is 0 Å². The van der Waals surface area contributed by atoms with Crippen molar-refractivity contribution in [1.29, 1.82) is 0 Å². The van der Waals surface area contributed by atoms with Gasteiger partial charge < -0.3 is 14.6 Å². The zero-order valence-electron chi connectivity index (χ0n) is 13.2. The molecule has 2 aromatic carbocycles. The van der Waals surface area contributed by atoms with Crippen LogP contribution in [0.4, 0.5) is 0 Å². The standard InChI is InChI=1S/C17H19NO5S/c1-22-14-3-2-4-15(10-14)24(20,21)18-11-16(19)12-5-6-17-13(9-12)7-8-23-17/h2-6,9-10,16,18-19H,7-8,11H2,1H3. The summed E-state index contributed by atoms with van der Waals surface area (Å²) in [6, 6.07) is 11.6. The van der Waals surface area contributed by atoms with Crippen molar-refractivity contribution in [3.05, 3.63) is 53.6 Å². The van der Waals surface area contributed by atoms with E-state index in [9.17, 15) is 13.5 Å². The number of aliphatic hydroxyl groups is 1. The molecule has 1 heterocycles. The molecule has 128 valence electrons. The maximum atomic E-state index is 12.3. The molecule has 1 unspecified atom stereocenters. The first-order valence-corrected chi connectivity index (χ1v) is 9.05. The molecule has 24 heavy (non-hydrogen) atoms. The minimum absolute atomic E-state index is 0.0939. The molecule has 0 saturated heterocycles. The predicted octanol–water partition coefficient (Wildman–Crippen LogP) is 1.64. The van der Waals surface area contributed by atoms with Crippen molar-refractivity contribution < 1.29 is 23.0 Å². The van der Waals surface area contributed by atoms with Gasteiger partial charge in [-0.1, -0.05) is 12.1 Å². The molecule has 1 atom stereocenters. The van der Waals surface area contributed by atoms with Gasteiger partial charge in [0, 0.05) is 19.0 Å². The molecule has 2 N–H and O–H groups in total. The molecular formula is C17H19NO5S. The zero-order valence-corrected chi connectivity index (χ0v) is 14.0. The number of methoxy groups -OCH3 is 1. The van der Waals surface area contributed by atoms with Crippen LogP contribution < -0.4 is 14.2 Å². The first kappa shape index (κ1) is 16.8. The van der Waals surface area contributed by atoms with Gasteiger partial charge in [0.2, 0.25) is 10.0 Å². The Kier molecular flexibility index (Phi) is 4.75. The number of aliphatic hydroxyl groups excluding tert-OH is 1. The average molecular weight is 349 g/mol. The molecule has 0 saturated carbocycles. The van der Waals surface area contributed by atoms with E-state index in [1.165, 1.54) is 19.2 Å². The third kappa shape index (κ3) is 3.53. The largest absolute Gasteiger partial charge is 0.497 e. The second kappa shape index (κ2) is 6.80. The Labute approximate surface area is 141 Å². The molecule has 2 aromatic rings. The van der Waals surface area contributed by atoms with Crippen LogP contribution in [0.5, 0.6) is 11.5 Å². The minimum Gasteiger partial charge on any atom is -0.497 e. The highest BCUT2D eigenvalue weighted by Crippen LogP contribution is 2.28. The topological polar surface area (TPSA) is 84.9 Å². The van der Waals surface area contributed by atoms with Gasteiger partial charge in [-0.15, -0.1) is 0 Å². The minimum atomic E-state index is -3.72. The number of ether oxygens (including phenoxy) is 2. The highest BCUT2D eigenvalue weighted by atomic mass is 32.2. The lowest BCUT2D eigenvalue weighted by molar-refractivity contribution is 0.182. The van der Waals surface area contributed by atoms with E-state index in [4.69, 9.17) is 9.47 Å². The summed E-state index contributed by atoms with van der Waals surface area (Å²) in [4.78, 5) is 0.0939. The van der Waals surface area contributed by atoms with Crippen LogP contribution in [-0.2, 0) is 16.4 Å². The van der Waals surface area contributed by atoms with Crippen LogP contribution in [0.2, 0.25) is 0 Å². The van der Waals surface area contributed by atoms with Crippen LogP contribution >= 0.6 is 0 Å². The molecule has 1 aliphatic rings. The fraction of sp³-hybridized carbons (Fsp3) is 0.294. The quantitative estimate of drug-likeness (QED) is 0.828. The fourth-order valence-corrected chi connectivity index (χ4v) is 3.64.